The molecule has 0 N–H and O–H groups in total. The van der Waals surface area contributed by atoms with Crippen LogP contribution in [0.2, 0.25) is 0 Å². The molecule has 0 amide bonds. The van der Waals surface area contributed by atoms with Gasteiger partial charge in [-0.25, -0.2) is 0 Å². The van der Waals surface area contributed by atoms with E-state index in [4.69, 9.17) is 0 Å². The zero-order chi connectivity index (χ0) is 14.4. The maximum Gasteiger partial charge on any atom is 0.0410 e. The average molecular weight is 265 g/mol. The Labute approximate surface area is 122 Å². The second kappa shape index (κ2) is 4.37. The quantitative estimate of drug-likeness (QED) is 0.700. The van der Waals surface area contributed by atoms with E-state index in [1.165, 1.54) is 23.4 Å². The Hall–Kier alpha value is -1.76. The highest BCUT2D eigenvalue weighted by molar-refractivity contribution is 5.60. The van der Waals surface area contributed by atoms with Crippen LogP contribution in [-0.4, -0.2) is 6.54 Å². The van der Waals surface area contributed by atoms with Crippen LogP contribution in [0.4, 0.5) is 5.69 Å². The Morgan fingerprint density at radius 3 is 2.55 bits per heavy atom. The van der Waals surface area contributed by atoms with Crippen molar-refractivity contribution in [2.45, 2.75) is 27.2 Å². The summed E-state index contributed by atoms with van der Waals surface area (Å²) in [5.41, 5.74) is 4.92. The second-order valence-electron chi connectivity index (χ2n) is 6.60. The van der Waals surface area contributed by atoms with E-state index in [0.29, 0.717) is 10.8 Å². The summed E-state index contributed by atoms with van der Waals surface area (Å²) in [6.45, 7) is 12.0. The number of para-hydroxylation sites is 1. The van der Waals surface area contributed by atoms with E-state index < -0.39 is 0 Å². The Kier molecular flexibility index (Phi) is 2.89. The summed E-state index contributed by atoms with van der Waals surface area (Å²) in [7, 11) is 0. The summed E-state index contributed by atoms with van der Waals surface area (Å²) in [4.78, 5) is 2.46. The Balaban J connectivity index is 2.09. The molecule has 2 atom stereocenters. The third-order valence-corrected chi connectivity index (χ3v) is 5.42. The van der Waals surface area contributed by atoms with Crippen LogP contribution in [0, 0.1) is 10.8 Å². The number of allylic oxidation sites excluding steroid dienone is 4. The highest BCUT2D eigenvalue weighted by atomic mass is 15.2. The predicted molar refractivity (Wildman–Crippen MR) is 86.7 cm³/mol. The minimum atomic E-state index is 0.374. The van der Waals surface area contributed by atoms with Crippen molar-refractivity contribution in [1.29, 1.82) is 0 Å². The van der Waals surface area contributed by atoms with Crippen LogP contribution in [0.25, 0.3) is 0 Å². The van der Waals surface area contributed by atoms with Gasteiger partial charge in [-0.1, -0.05) is 50.8 Å². The van der Waals surface area contributed by atoms with E-state index in [0.717, 1.165) is 6.54 Å². The van der Waals surface area contributed by atoms with Crippen LogP contribution in [0.15, 0.2) is 66.4 Å². The first kappa shape index (κ1) is 13.2. The monoisotopic (exact) mass is 265 g/mol. The fourth-order valence-corrected chi connectivity index (χ4v) is 3.68. The zero-order valence-corrected chi connectivity index (χ0v) is 12.7. The molecule has 3 rings (SSSR count). The SMILES string of the molecule is C=C/C=C\C1=C(C)C2(C)CC2(C)CN1c1ccccc1. The molecule has 0 radical (unpaired) electrons. The average Bonchev–Trinajstić information content (AvgIpc) is 3.03. The molecular weight excluding hydrogens is 242 g/mol. The van der Waals surface area contributed by atoms with Gasteiger partial charge in [0.1, 0.15) is 0 Å². The fraction of sp³-hybridized carbons (Fsp3) is 0.368. The molecule has 1 aromatic rings. The number of hydrogen-bond acceptors (Lipinski definition) is 1. The van der Waals surface area contributed by atoms with Gasteiger partial charge in [-0.15, -0.1) is 0 Å². The molecule has 1 saturated carbocycles. The van der Waals surface area contributed by atoms with E-state index in [9.17, 15) is 0 Å². The largest absolute Gasteiger partial charge is 0.341 e. The summed E-state index contributed by atoms with van der Waals surface area (Å²) in [6, 6.07) is 10.7. The summed E-state index contributed by atoms with van der Waals surface area (Å²) in [6.07, 6.45) is 7.40. The summed E-state index contributed by atoms with van der Waals surface area (Å²) in [5.74, 6) is 0. The molecule has 1 aliphatic heterocycles. The van der Waals surface area contributed by atoms with Gasteiger partial charge in [0.2, 0.25) is 0 Å². The first-order valence-corrected chi connectivity index (χ1v) is 7.35. The molecule has 1 heterocycles. The standard InChI is InChI=1S/C19H23N/c1-5-6-12-17-15(2)19(4)13-18(19,3)14-20(17)16-10-8-7-9-11-16/h5-12H,1,13-14H2,2-4H3/b12-6-. The molecule has 0 spiro atoms. The number of hydrogen-bond donors (Lipinski definition) is 0. The van der Waals surface area contributed by atoms with Crippen LogP contribution < -0.4 is 4.90 Å². The van der Waals surface area contributed by atoms with Crippen molar-refractivity contribution in [2.75, 3.05) is 11.4 Å². The van der Waals surface area contributed by atoms with Gasteiger partial charge in [-0.05, 0) is 48.0 Å². The van der Waals surface area contributed by atoms with Gasteiger partial charge in [0.15, 0.2) is 0 Å². The highest BCUT2D eigenvalue weighted by Crippen LogP contribution is 2.70. The van der Waals surface area contributed by atoms with Crippen LogP contribution in [0.5, 0.6) is 0 Å². The molecule has 1 fully saturated rings. The maximum absolute atomic E-state index is 3.80. The van der Waals surface area contributed by atoms with E-state index in [-0.39, 0.29) is 0 Å². The van der Waals surface area contributed by atoms with Crippen molar-refractivity contribution in [2.24, 2.45) is 10.8 Å². The molecule has 0 saturated heterocycles. The van der Waals surface area contributed by atoms with E-state index >= 15 is 0 Å². The van der Waals surface area contributed by atoms with Crippen molar-refractivity contribution in [1.82, 2.24) is 0 Å². The summed E-state index contributed by atoms with van der Waals surface area (Å²) in [5, 5.41) is 0. The van der Waals surface area contributed by atoms with Gasteiger partial charge < -0.3 is 4.90 Å². The molecule has 1 aliphatic carbocycles. The smallest absolute Gasteiger partial charge is 0.0410 e. The predicted octanol–water partition coefficient (Wildman–Crippen LogP) is 4.94. The summed E-state index contributed by atoms with van der Waals surface area (Å²) >= 11 is 0. The number of nitrogens with zero attached hydrogens (tertiary/aromatic N) is 1. The van der Waals surface area contributed by atoms with Gasteiger partial charge in [-0.2, -0.15) is 0 Å². The highest BCUT2D eigenvalue weighted by Gasteiger charge is 2.64. The second-order valence-corrected chi connectivity index (χ2v) is 6.60. The van der Waals surface area contributed by atoms with Gasteiger partial charge in [0.25, 0.3) is 0 Å². The van der Waals surface area contributed by atoms with Crippen LogP contribution in [-0.2, 0) is 0 Å². The Morgan fingerprint density at radius 1 is 1.20 bits per heavy atom. The van der Waals surface area contributed by atoms with Gasteiger partial charge in [0, 0.05) is 17.9 Å². The van der Waals surface area contributed by atoms with Crippen LogP contribution in [0.1, 0.15) is 27.2 Å². The number of fused-ring (bicyclic) bond motifs is 1. The van der Waals surface area contributed by atoms with E-state index in [1.807, 2.05) is 12.2 Å². The summed E-state index contributed by atoms with van der Waals surface area (Å²) < 4.78 is 0. The maximum atomic E-state index is 3.80. The van der Waals surface area contributed by atoms with Gasteiger partial charge >= 0.3 is 0 Å². The molecule has 104 valence electrons. The van der Waals surface area contributed by atoms with Crippen LogP contribution >= 0.6 is 0 Å². The topological polar surface area (TPSA) is 3.24 Å². The molecule has 1 aromatic carbocycles. The molecule has 20 heavy (non-hydrogen) atoms. The Bertz CT molecular complexity index is 595. The van der Waals surface area contributed by atoms with E-state index in [1.54, 1.807) is 0 Å². The lowest BCUT2D eigenvalue weighted by Crippen LogP contribution is -2.36. The molecule has 1 nitrogen and oxygen atoms in total. The van der Waals surface area contributed by atoms with Crippen molar-refractivity contribution in [3.05, 3.63) is 66.4 Å². The molecular formula is C19H23N. The number of rotatable bonds is 3. The number of benzene rings is 1. The first-order chi connectivity index (χ1) is 9.52. The fourth-order valence-electron chi connectivity index (χ4n) is 3.68. The van der Waals surface area contributed by atoms with Crippen molar-refractivity contribution >= 4 is 5.69 Å². The van der Waals surface area contributed by atoms with Gasteiger partial charge in [0.05, 0.1) is 0 Å². The Morgan fingerprint density at radius 2 is 1.90 bits per heavy atom. The minimum Gasteiger partial charge on any atom is -0.341 e. The number of anilines is 1. The van der Waals surface area contributed by atoms with Gasteiger partial charge in [-0.3, -0.25) is 0 Å². The lowest BCUT2D eigenvalue weighted by Gasteiger charge is -2.38. The first-order valence-electron chi connectivity index (χ1n) is 7.35. The third-order valence-electron chi connectivity index (χ3n) is 5.42. The van der Waals surface area contributed by atoms with Crippen molar-refractivity contribution in [3.63, 3.8) is 0 Å². The minimum absolute atomic E-state index is 0.374. The van der Waals surface area contributed by atoms with Crippen molar-refractivity contribution in [3.8, 4) is 0 Å². The third kappa shape index (κ3) is 1.76. The molecule has 0 bridgehead atoms. The molecule has 2 unspecified atom stereocenters. The normalized spacial score (nSPS) is 32.5. The molecule has 2 aliphatic rings. The van der Waals surface area contributed by atoms with E-state index in [2.05, 4.69) is 68.7 Å². The molecule has 0 aromatic heterocycles. The lowest BCUT2D eigenvalue weighted by molar-refractivity contribution is 0.418. The zero-order valence-electron chi connectivity index (χ0n) is 12.7. The van der Waals surface area contributed by atoms with Crippen molar-refractivity contribution < 1.29 is 0 Å². The lowest BCUT2D eigenvalue weighted by atomic mass is 9.83. The van der Waals surface area contributed by atoms with Crippen LogP contribution in [0.3, 0.4) is 0 Å². The molecule has 1 heteroatoms.